The Bertz CT molecular complexity index is 531. The van der Waals surface area contributed by atoms with Crippen molar-refractivity contribution < 1.29 is 14.6 Å². The van der Waals surface area contributed by atoms with Crippen LogP contribution in [0.25, 0.3) is 0 Å². The molecule has 1 saturated carbocycles. The molecular formula is C16H26N4O3. The summed E-state index contributed by atoms with van der Waals surface area (Å²) in [4.78, 5) is 20.1. The summed E-state index contributed by atoms with van der Waals surface area (Å²) < 4.78 is 5.16. The van der Waals surface area contributed by atoms with E-state index in [1.807, 2.05) is 0 Å². The quantitative estimate of drug-likeness (QED) is 0.784. The predicted octanol–water partition coefficient (Wildman–Crippen LogP) is 1.95. The maximum atomic E-state index is 11.7. The molecule has 2 rings (SSSR count). The third-order valence-corrected chi connectivity index (χ3v) is 4.18. The van der Waals surface area contributed by atoms with E-state index in [9.17, 15) is 9.90 Å². The first-order valence-corrected chi connectivity index (χ1v) is 7.95. The van der Waals surface area contributed by atoms with Crippen molar-refractivity contribution in [2.24, 2.45) is 5.73 Å². The number of carbonyl (C=O) groups is 1. The van der Waals surface area contributed by atoms with Crippen molar-refractivity contribution >= 4 is 12.0 Å². The summed E-state index contributed by atoms with van der Waals surface area (Å²) in [5.74, 6) is 0.200. The van der Waals surface area contributed by atoms with Gasteiger partial charge in [0.2, 0.25) is 5.95 Å². The summed E-state index contributed by atoms with van der Waals surface area (Å²) in [5.41, 5.74) is 6.16. The van der Waals surface area contributed by atoms with Gasteiger partial charge in [0.05, 0.1) is 6.10 Å². The fourth-order valence-corrected chi connectivity index (χ4v) is 2.83. The second kappa shape index (κ2) is 6.80. The Labute approximate surface area is 136 Å². The highest BCUT2D eigenvalue weighted by molar-refractivity contribution is 5.82. The molecule has 0 aromatic carbocycles. The number of hydrogen-bond donors (Lipinski definition) is 3. The molecule has 0 aliphatic heterocycles. The summed E-state index contributed by atoms with van der Waals surface area (Å²) >= 11 is 0. The Morgan fingerprint density at radius 1 is 1.39 bits per heavy atom. The first kappa shape index (κ1) is 17.6. The number of nitrogens with two attached hydrogens (primary N) is 1. The van der Waals surface area contributed by atoms with Crippen molar-refractivity contribution in [1.29, 1.82) is 0 Å². The van der Waals surface area contributed by atoms with Crippen LogP contribution in [-0.4, -0.2) is 39.4 Å². The van der Waals surface area contributed by atoms with Gasteiger partial charge < -0.3 is 15.6 Å². The molecule has 128 valence electrons. The summed E-state index contributed by atoms with van der Waals surface area (Å²) in [6.45, 7) is 5.86. The number of nitrogens with zero attached hydrogens (tertiary/aromatic N) is 2. The van der Waals surface area contributed by atoms with Crippen molar-refractivity contribution in [3.8, 4) is 0 Å². The smallest absolute Gasteiger partial charge is 0.414 e. The molecule has 1 aromatic rings. The van der Waals surface area contributed by atoms with Gasteiger partial charge in [0.1, 0.15) is 5.60 Å². The number of aromatic nitrogens is 2. The van der Waals surface area contributed by atoms with Gasteiger partial charge in [-0.05, 0) is 52.0 Å². The number of nitrogens with one attached hydrogen (secondary N) is 1. The van der Waals surface area contributed by atoms with Gasteiger partial charge in [0.25, 0.3) is 0 Å². The standard InChI is InChI=1S/C16H26N4O3/c1-15(2,3)23-14(22)20-13-18-8-11(9-19-13)16(10-17)6-4-12(21)5-7-16/h8-9,12,21H,4-7,10,17H2,1-3H3,(H,18,19,20,22). The molecule has 0 radical (unpaired) electrons. The molecule has 23 heavy (non-hydrogen) atoms. The van der Waals surface area contributed by atoms with Crippen LogP contribution in [0.15, 0.2) is 12.4 Å². The highest BCUT2D eigenvalue weighted by atomic mass is 16.6. The SMILES string of the molecule is CC(C)(C)OC(=O)Nc1ncc(C2(CN)CCC(O)CC2)cn1. The second-order valence-electron chi connectivity index (χ2n) is 7.14. The number of ether oxygens (including phenoxy) is 1. The van der Waals surface area contributed by atoms with Crippen molar-refractivity contribution in [2.75, 3.05) is 11.9 Å². The van der Waals surface area contributed by atoms with E-state index in [-0.39, 0.29) is 17.5 Å². The lowest BCUT2D eigenvalue weighted by Gasteiger charge is -2.38. The number of carbonyl (C=O) groups excluding carboxylic acids is 1. The zero-order valence-electron chi connectivity index (χ0n) is 14.0. The average molecular weight is 322 g/mol. The van der Waals surface area contributed by atoms with E-state index in [0.717, 1.165) is 31.2 Å². The number of aliphatic hydroxyl groups excluding tert-OH is 1. The first-order valence-electron chi connectivity index (χ1n) is 7.95. The molecule has 1 aromatic heterocycles. The first-order chi connectivity index (χ1) is 10.7. The highest BCUT2D eigenvalue weighted by Crippen LogP contribution is 2.38. The lowest BCUT2D eigenvalue weighted by molar-refractivity contribution is 0.0634. The van der Waals surface area contributed by atoms with Crippen LogP contribution in [0.3, 0.4) is 0 Å². The van der Waals surface area contributed by atoms with Gasteiger partial charge in [-0.15, -0.1) is 0 Å². The Kier molecular flexibility index (Phi) is 5.21. The topological polar surface area (TPSA) is 110 Å². The van der Waals surface area contributed by atoms with Gasteiger partial charge in [-0.2, -0.15) is 0 Å². The van der Waals surface area contributed by atoms with Crippen LogP contribution in [0.4, 0.5) is 10.7 Å². The summed E-state index contributed by atoms with van der Waals surface area (Å²) in [5, 5.41) is 12.2. The molecule has 1 amide bonds. The summed E-state index contributed by atoms with van der Waals surface area (Å²) in [6.07, 6.45) is 5.65. The molecule has 1 aliphatic carbocycles. The van der Waals surface area contributed by atoms with Crippen molar-refractivity contribution in [2.45, 2.75) is 63.6 Å². The third kappa shape index (κ3) is 4.62. The molecule has 7 heteroatoms. The van der Waals surface area contributed by atoms with Crippen LogP contribution in [0.1, 0.15) is 52.0 Å². The molecule has 1 heterocycles. The minimum absolute atomic E-state index is 0.191. The van der Waals surface area contributed by atoms with Crippen molar-refractivity contribution in [3.05, 3.63) is 18.0 Å². The lowest BCUT2D eigenvalue weighted by atomic mass is 9.69. The van der Waals surface area contributed by atoms with Gasteiger partial charge in [-0.25, -0.2) is 14.8 Å². The number of hydrogen-bond acceptors (Lipinski definition) is 6. The van der Waals surface area contributed by atoms with Gasteiger partial charge in [0.15, 0.2) is 0 Å². The van der Waals surface area contributed by atoms with E-state index in [4.69, 9.17) is 10.5 Å². The lowest BCUT2D eigenvalue weighted by Crippen LogP contribution is -2.40. The van der Waals surface area contributed by atoms with Gasteiger partial charge in [0, 0.05) is 24.4 Å². The molecular weight excluding hydrogens is 296 g/mol. The van der Waals surface area contributed by atoms with Crippen LogP contribution in [-0.2, 0) is 10.2 Å². The van der Waals surface area contributed by atoms with E-state index in [1.54, 1.807) is 33.2 Å². The molecule has 0 spiro atoms. The fraction of sp³-hybridized carbons (Fsp3) is 0.688. The van der Waals surface area contributed by atoms with Crippen LogP contribution >= 0.6 is 0 Å². The summed E-state index contributed by atoms with van der Waals surface area (Å²) in [6, 6.07) is 0. The second-order valence-corrected chi connectivity index (χ2v) is 7.14. The number of rotatable bonds is 3. The Morgan fingerprint density at radius 2 is 1.96 bits per heavy atom. The van der Waals surface area contributed by atoms with Crippen molar-refractivity contribution in [3.63, 3.8) is 0 Å². The van der Waals surface area contributed by atoms with Crippen molar-refractivity contribution in [1.82, 2.24) is 9.97 Å². The minimum atomic E-state index is -0.584. The van der Waals surface area contributed by atoms with E-state index < -0.39 is 11.7 Å². The van der Waals surface area contributed by atoms with Gasteiger partial charge >= 0.3 is 6.09 Å². The Hall–Kier alpha value is -1.73. The van der Waals surface area contributed by atoms with Crippen LogP contribution in [0.5, 0.6) is 0 Å². The largest absolute Gasteiger partial charge is 0.444 e. The zero-order chi connectivity index (χ0) is 17.1. The third-order valence-electron chi connectivity index (χ3n) is 4.18. The average Bonchev–Trinajstić information content (AvgIpc) is 2.47. The minimum Gasteiger partial charge on any atom is -0.444 e. The van der Waals surface area contributed by atoms with E-state index in [1.165, 1.54) is 0 Å². The predicted molar refractivity (Wildman–Crippen MR) is 87.1 cm³/mol. The van der Waals surface area contributed by atoms with Gasteiger partial charge in [-0.1, -0.05) is 0 Å². The number of amides is 1. The molecule has 7 nitrogen and oxygen atoms in total. The normalized spacial score (nSPS) is 25.0. The van der Waals surface area contributed by atoms with Crippen LogP contribution in [0.2, 0.25) is 0 Å². The Balaban J connectivity index is 2.05. The monoisotopic (exact) mass is 322 g/mol. The molecule has 4 N–H and O–H groups in total. The maximum absolute atomic E-state index is 11.7. The van der Waals surface area contributed by atoms with Crippen LogP contribution in [0, 0.1) is 0 Å². The summed E-state index contributed by atoms with van der Waals surface area (Å²) in [7, 11) is 0. The molecule has 0 atom stereocenters. The van der Waals surface area contributed by atoms with Gasteiger partial charge in [-0.3, -0.25) is 5.32 Å². The molecule has 1 fully saturated rings. The molecule has 0 bridgehead atoms. The van der Waals surface area contributed by atoms with E-state index >= 15 is 0 Å². The number of anilines is 1. The zero-order valence-corrected chi connectivity index (χ0v) is 14.0. The molecule has 0 unspecified atom stereocenters. The molecule has 0 saturated heterocycles. The highest BCUT2D eigenvalue weighted by Gasteiger charge is 2.35. The van der Waals surface area contributed by atoms with E-state index in [0.29, 0.717) is 6.54 Å². The Morgan fingerprint density at radius 3 is 2.43 bits per heavy atom. The molecule has 1 aliphatic rings. The fourth-order valence-electron chi connectivity index (χ4n) is 2.83. The van der Waals surface area contributed by atoms with Crippen LogP contribution < -0.4 is 11.1 Å². The van der Waals surface area contributed by atoms with E-state index in [2.05, 4.69) is 15.3 Å². The maximum Gasteiger partial charge on any atom is 0.414 e. The number of aliphatic hydroxyl groups is 1.